The predicted octanol–water partition coefficient (Wildman–Crippen LogP) is 0.253. The molecule has 0 amide bonds. The number of hydrogen-bond donors (Lipinski definition) is 0. The van der Waals surface area contributed by atoms with Gasteiger partial charge in [-0.15, -0.1) is 0 Å². The Balaban J connectivity index is 2.57. The van der Waals surface area contributed by atoms with Crippen LogP contribution < -0.4 is 0 Å². The van der Waals surface area contributed by atoms with Gasteiger partial charge in [-0.25, -0.2) is 9.34 Å². The van der Waals surface area contributed by atoms with Crippen molar-refractivity contribution < 1.29 is 4.57 Å². The fraction of sp³-hybridized carbons (Fsp3) is 1.00. The number of rotatable bonds is 0. The van der Waals surface area contributed by atoms with Gasteiger partial charge in [-0.05, 0) is 14.1 Å². The van der Waals surface area contributed by atoms with Crippen molar-refractivity contribution in [3.63, 3.8) is 0 Å². The van der Waals surface area contributed by atoms with Crippen LogP contribution in [0.4, 0.5) is 0 Å². The summed E-state index contributed by atoms with van der Waals surface area (Å²) in [6, 6.07) is 0. The molecule has 1 rings (SSSR count). The van der Waals surface area contributed by atoms with Gasteiger partial charge in [-0.2, -0.15) is 0 Å². The molecule has 0 aromatic carbocycles. The summed E-state index contributed by atoms with van der Waals surface area (Å²) in [5.74, 6) is 0. The van der Waals surface area contributed by atoms with E-state index in [1.54, 1.807) is 0 Å². The molecule has 1 saturated heterocycles. The molecule has 0 radical (unpaired) electrons. The summed E-state index contributed by atoms with van der Waals surface area (Å²) < 4.78 is 14.7. The molecule has 3 nitrogen and oxygen atoms in total. The summed E-state index contributed by atoms with van der Waals surface area (Å²) in [5, 5.41) is 0. The Labute approximate surface area is 50.2 Å². The molecule has 0 saturated carbocycles. The Morgan fingerprint density at radius 2 is 1.62 bits per heavy atom. The molecular formula is C4H11N2OP. The van der Waals surface area contributed by atoms with Crippen molar-refractivity contribution in [2.24, 2.45) is 0 Å². The third-order valence-electron chi connectivity index (χ3n) is 1.42. The van der Waals surface area contributed by atoms with Crippen LogP contribution in [0.1, 0.15) is 0 Å². The number of hydrogen-bond acceptors (Lipinski definition) is 1. The molecule has 0 atom stereocenters. The van der Waals surface area contributed by atoms with Crippen LogP contribution >= 0.6 is 8.10 Å². The molecule has 1 aliphatic heterocycles. The van der Waals surface area contributed by atoms with Gasteiger partial charge >= 0.3 is 0 Å². The molecule has 1 aliphatic rings. The third kappa shape index (κ3) is 0.943. The summed E-state index contributed by atoms with van der Waals surface area (Å²) in [6.45, 7) is 1.91. The molecule has 0 N–H and O–H groups in total. The standard InChI is InChI=1S/C4H11N2OP/c1-5-3-4-6(2)8(5)7/h8H,3-4H2,1-2H3. The lowest BCUT2D eigenvalue weighted by atomic mass is 10.6. The monoisotopic (exact) mass is 134 g/mol. The zero-order valence-corrected chi connectivity index (χ0v) is 6.22. The molecule has 0 unspecified atom stereocenters. The van der Waals surface area contributed by atoms with Gasteiger partial charge in [0.15, 0.2) is 0 Å². The van der Waals surface area contributed by atoms with Crippen molar-refractivity contribution in [3.05, 3.63) is 0 Å². The smallest absolute Gasteiger partial charge is 0.204 e. The first-order valence-corrected chi connectivity index (χ1v) is 3.98. The lowest BCUT2D eigenvalue weighted by Crippen LogP contribution is -2.05. The number of nitrogens with zero attached hydrogens (tertiary/aromatic N) is 2. The van der Waals surface area contributed by atoms with Crippen LogP contribution in [0.3, 0.4) is 0 Å². The highest BCUT2D eigenvalue weighted by molar-refractivity contribution is 7.39. The predicted molar refractivity (Wildman–Crippen MR) is 34.3 cm³/mol. The van der Waals surface area contributed by atoms with E-state index in [4.69, 9.17) is 0 Å². The van der Waals surface area contributed by atoms with Crippen LogP contribution in [0.25, 0.3) is 0 Å². The van der Waals surface area contributed by atoms with E-state index in [1.807, 2.05) is 23.4 Å². The van der Waals surface area contributed by atoms with E-state index in [0.29, 0.717) is 0 Å². The second-order valence-electron chi connectivity index (χ2n) is 2.13. The molecule has 4 heteroatoms. The molecule has 0 spiro atoms. The van der Waals surface area contributed by atoms with Crippen molar-refractivity contribution in [2.75, 3.05) is 27.2 Å². The SMILES string of the molecule is CN1CCN(C)[PH]1=O. The molecule has 0 bridgehead atoms. The Morgan fingerprint density at radius 3 is 1.75 bits per heavy atom. The minimum absolute atomic E-state index is 0.953. The van der Waals surface area contributed by atoms with E-state index >= 15 is 0 Å². The van der Waals surface area contributed by atoms with Gasteiger partial charge < -0.3 is 0 Å². The van der Waals surface area contributed by atoms with Crippen molar-refractivity contribution in [2.45, 2.75) is 0 Å². The normalized spacial score (nSPS) is 27.2. The molecule has 48 valence electrons. The van der Waals surface area contributed by atoms with E-state index in [-0.39, 0.29) is 0 Å². The van der Waals surface area contributed by atoms with Gasteiger partial charge in [-0.1, -0.05) is 0 Å². The molecule has 0 aromatic heterocycles. The molecular weight excluding hydrogens is 123 g/mol. The van der Waals surface area contributed by atoms with E-state index in [0.717, 1.165) is 13.1 Å². The van der Waals surface area contributed by atoms with Crippen molar-refractivity contribution >= 4 is 8.10 Å². The van der Waals surface area contributed by atoms with Crippen LogP contribution in [0, 0.1) is 0 Å². The molecule has 0 aliphatic carbocycles. The maximum Gasteiger partial charge on any atom is 0.204 e. The quantitative estimate of drug-likeness (QED) is 0.444. The molecule has 8 heavy (non-hydrogen) atoms. The van der Waals surface area contributed by atoms with E-state index < -0.39 is 8.10 Å². The maximum absolute atomic E-state index is 10.9. The fourth-order valence-corrected chi connectivity index (χ4v) is 1.95. The first kappa shape index (κ1) is 6.27. The van der Waals surface area contributed by atoms with Gasteiger partial charge in [0.1, 0.15) is 0 Å². The number of likely N-dealkylation sites (N-methyl/N-ethyl adjacent to an activating group) is 2. The van der Waals surface area contributed by atoms with E-state index in [2.05, 4.69) is 0 Å². The van der Waals surface area contributed by atoms with Crippen molar-refractivity contribution in [1.29, 1.82) is 0 Å². The lowest BCUT2D eigenvalue weighted by molar-refractivity contribution is 0.514. The van der Waals surface area contributed by atoms with Gasteiger partial charge in [0.05, 0.1) is 0 Å². The molecule has 1 fully saturated rings. The second kappa shape index (κ2) is 2.18. The molecule has 0 aromatic rings. The highest BCUT2D eigenvalue weighted by Gasteiger charge is 2.19. The highest BCUT2D eigenvalue weighted by Crippen LogP contribution is 2.33. The van der Waals surface area contributed by atoms with Crippen molar-refractivity contribution in [3.8, 4) is 0 Å². The van der Waals surface area contributed by atoms with Gasteiger partial charge in [0.2, 0.25) is 8.10 Å². The maximum atomic E-state index is 10.9. The third-order valence-corrected chi connectivity index (χ3v) is 3.18. The average Bonchev–Trinajstić information content (AvgIpc) is 1.98. The summed E-state index contributed by atoms with van der Waals surface area (Å²) in [6.07, 6.45) is 0. The summed E-state index contributed by atoms with van der Waals surface area (Å²) in [4.78, 5) is 0. The van der Waals surface area contributed by atoms with Crippen LogP contribution in [-0.4, -0.2) is 36.5 Å². The Kier molecular flexibility index (Phi) is 1.71. The van der Waals surface area contributed by atoms with E-state index in [1.165, 1.54) is 0 Å². The fourth-order valence-electron chi connectivity index (χ4n) is 0.783. The van der Waals surface area contributed by atoms with Gasteiger partial charge in [-0.3, -0.25) is 4.57 Å². The van der Waals surface area contributed by atoms with Gasteiger partial charge in [0.25, 0.3) is 0 Å². The van der Waals surface area contributed by atoms with Crippen LogP contribution in [-0.2, 0) is 4.57 Å². The van der Waals surface area contributed by atoms with Crippen molar-refractivity contribution in [1.82, 2.24) is 9.34 Å². The van der Waals surface area contributed by atoms with E-state index in [9.17, 15) is 4.57 Å². The largest absolute Gasteiger partial charge is 0.292 e. The second-order valence-corrected chi connectivity index (χ2v) is 4.22. The topological polar surface area (TPSA) is 23.6 Å². The zero-order chi connectivity index (χ0) is 6.15. The molecule has 1 heterocycles. The minimum atomic E-state index is -1.50. The Hall–Kier alpha value is 0.150. The highest BCUT2D eigenvalue weighted by atomic mass is 31.1. The van der Waals surface area contributed by atoms with Gasteiger partial charge in [0, 0.05) is 13.1 Å². The summed E-state index contributed by atoms with van der Waals surface area (Å²) >= 11 is 0. The first-order chi connectivity index (χ1) is 3.72. The lowest BCUT2D eigenvalue weighted by Gasteiger charge is -2.06. The summed E-state index contributed by atoms with van der Waals surface area (Å²) in [7, 11) is 2.29. The first-order valence-electron chi connectivity index (χ1n) is 2.68. The Morgan fingerprint density at radius 1 is 1.25 bits per heavy atom. The minimum Gasteiger partial charge on any atom is -0.292 e. The zero-order valence-electron chi connectivity index (χ0n) is 5.22. The summed E-state index contributed by atoms with van der Waals surface area (Å²) in [5.41, 5.74) is 0. The Bertz CT molecular complexity index is 105. The van der Waals surface area contributed by atoms with Crippen LogP contribution in [0.5, 0.6) is 0 Å². The average molecular weight is 134 g/mol. The van der Waals surface area contributed by atoms with Crippen LogP contribution in [0.2, 0.25) is 0 Å². The van der Waals surface area contributed by atoms with Crippen LogP contribution in [0.15, 0.2) is 0 Å².